The van der Waals surface area contributed by atoms with Gasteiger partial charge in [0.05, 0.1) is 0 Å². The van der Waals surface area contributed by atoms with E-state index in [1.54, 1.807) is 6.07 Å². The van der Waals surface area contributed by atoms with Gasteiger partial charge in [-0.1, -0.05) is 78.9 Å². The molecule has 5 aromatic carbocycles. The Labute approximate surface area is 159 Å². The molecule has 0 amide bonds. The maximum Gasteiger partial charge on any atom is 0.131 e. The fraction of sp³-hybridized carbons (Fsp3) is 0. The van der Waals surface area contributed by atoms with E-state index in [4.69, 9.17) is 0 Å². The fourth-order valence-corrected chi connectivity index (χ4v) is 4.54. The molecule has 0 aliphatic heterocycles. The van der Waals surface area contributed by atoms with Crippen molar-refractivity contribution in [2.24, 2.45) is 0 Å². The molecular weight excluding hydrogens is 387 g/mol. The zero-order valence-electron chi connectivity index (χ0n) is 13.8. The number of halogens is 2. The molecule has 5 aromatic rings. The molecular formula is C24H14BrF. The molecule has 5 rings (SSSR count). The summed E-state index contributed by atoms with van der Waals surface area (Å²) >= 11 is 3.79. The van der Waals surface area contributed by atoms with Gasteiger partial charge in [-0.15, -0.1) is 0 Å². The Balaban J connectivity index is 2.06. The summed E-state index contributed by atoms with van der Waals surface area (Å²) in [7, 11) is 0. The van der Waals surface area contributed by atoms with Gasteiger partial charge in [-0.05, 0) is 60.1 Å². The van der Waals surface area contributed by atoms with Crippen LogP contribution in [0.3, 0.4) is 0 Å². The molecule has 0 radical (unpaired) electrons. The zero-order valence-corrected chi connectivity index (χ0v) is 15.4. The molecule has 2 heteroatoms. The van der Waals surface area contributed by atoms with Gasteiger partial charge in [0, 0.05) is 9.86 Å². The highest BCUT2D eigenvalue weighted by molar-refractivity contribution is 9.10. The lowest BCUT2D eigenvalue weighted by Crippen LogP contribution is -1.90. The van der Waals surface area contributed by atoms with E-state index >= 15 is 0 Å². The highest BCUT2D eigenvalue weighted by Gasteiger charge is 2.16. The molecule has 0 unspecified atom stereocenters. The van der Waals surface area contributed by atoms with Gasteiger partial charge in [-0.2, -0.15) is 0 Å². The molecule has 26 heavy (non-hydrogen) atoms. The van der Waals surface area contributed by atoms with Gasteiger partial charge >= 0.3 is 0 Å². The molecule has 0 saturated carbocycles. The van der Waals surface area contributed by atoms with E-state index in [9.17, 15) is 4.39 Å². The van der Waals surface area contributed by atoms with E-state index in [1.807, 2.05) is 30.3 Å². The first-order valence-electron chi connectivity index (χ1n) is 8.52. The first-order valence-corrected chi connectivity index (χ1v) is 9.31. The van der Waals surface area contributed by atoms with Crippen molar-refractivity contribution in [1.82, 2.24) is 0 Å². The minimum absolute atomic E-state index is 0.185. The smallest absolute Gasteiger partial charge is 0.131 e. The van der Waals surface area contributed by atoms with Crippen LogP contribution in [0, 0.1) is 5.82 Å². The molecule has 0 saturated heterocycles. The van der Waals surface area contributed by atoms with Gasteiger partial charge in [0.15, 0.2) is 0 Å². The molecule has 0 aliphatic rings. The van der Waals surface area contributed by atoms with E-state index in [0.29, 0.717) is 5.39 Å². The summed E-state index contributed by atoms with van der Waals surface area (Å²) in [6.07, 6.45) is 0. The first-order chi connectivity index (χ1) is 12.8. The summed E-state index contributed by atoms with van der Waals surface area (Å²) in [5.41, 5.74) is 2.21. The maximum atomic E-state index is 14.4. The second-order valence-corrected chi connectivity index (χ2v) is 7.21. The van der Waals surface area contributed by atoms with Gasteiger partial charge in [0.2, 0.25) is 0 Å². The van der Waals surface area contributed by atoms with Crippen molar-refractivity contribution >= 4 is 48.2 Å². The van der Waals surface area contributed by atoms with Crippen molar-refractivity contribution in [2.75, 3.05) is 0 Å². The highest BCUT2D eigenvalue weighted by Crippen LogP contribution is 2.43. The fourth-order valence-electron chi connectivity index (χ4n) is 3.85. The zero-order chi connectivity index (χ0) is 17.7. The van der Waals surface area contributed by atoms with Crippen molar-refractivity contribution in [1.29, 1.82) is 0 Å². The lowest BCUT2D eigenvalue weighted by Gasteiger charge is -2.16. The average Bonchev–Trinajstić information content (AvgIpc) is 2.70. The lowest BCUT2D eigenvalue weighted by atomic mass is 9.89. The van der Waals surface area contributed by atoms with Crippen LogP contribution in [0.25, 0.3) is 43.4 Å². The van der Waals surface area contributed by atoms with Crippen molar-refractivity contribution in [3.63, 3.8) is 0 Å². The van der Waals surface area contributed by atoms with Gasteiger partial charge in [-0.25, -0.2) is 4.39 Å². The quantitative estimate of drug-likeness (QED) is 0.252. The summed E-state index contributed by atoms with van der Waals surface area (Å²) in [5.74, 6) is -0.185. The highest BCUT2D eigenvalue weighted by atomic mass is 79.9. The molecule has 0 nitrogen and oxygen atoms in total. The van der Waals surface area contributed by atoms with Crippen LogP contribution < -0.4 is 0 Å². The largest absolute Gasteiger partial charge is 0.206 e. The molecule has 0 aromatic heterocycles. The Morgan fingerprint density at radius 1 is 0.500 bits per heavy atom. The van der Waals surface area contributed by atoms with E-state index in [0.717, 1.165) is 42.5 Å². The van der Waals surface area contributed by atoms with Gasteiger partial charge < -0.3 is 0 Å². The third kappa shape index (κ3) is 2.19. The van der Waals surface area contributed by atoms with Crippen LogP contribution in [0.5, 0.6) is 0 Å². The normalized spacial score (nSPS) is 11.5. The Morgan fingerprint density at radius 3 is 1.54 bits per heavy atom. The number of hydrogen-bond donors (Lipinski definition) is 0. The lowest BCUT2D eigenvalue weighted by molar-refractivity contribution is 0.640. The van der Waals surface area contributed by atoms with Crippen LogP contribution in [-0.4, -0.2) is 0 Å². The summed E-state index contributed by atoms with van der Waals surface area (Å²) in [5, 5.41) is 6.24. The molecule has 0 fully saturated rings. The van der Waals surface area contributed by atoms with E-state index < -0.39 is 0 Å². The molecule has 0 aliphatic carbocycles. The third-order valence-electron chi connectivity index (χ3n) is 5.01. The molecule has 0 atom stereocenters. The van der Waals surface area contributed by atoms with Crippen LogP contribution in [0.15, 0.2) is 89.4 Å². The Bertz CT molecular complexity index is 1250. The molecule has 124 valence electrons. The second kappa shape index (κ2) is 5.93. The molecule has 0 bridgehead atoms. The van der Waals surface area contributed by atoms with Crippen LogP contribution in [0.2, 0.25) is 0 Å². The van der Waals surface area contributed by atoms with Crippen molar-refractivity contribution in [3.05, 3.63) is 95.2 Å². The van der Waals surface area contributed by atoms with Gasteiger partial charge in [0.25, 0.3) is 0 Å². The minimum Gasteiger partial charge on any atom is -0.206 e. The third-order valence-corrected chi connectivity index (χ3v) is 5.86. The summed E-state index contributed by atoms with van der Waals surface area (Å²) in [6, 6.07) is 27.9. The van der Waals surface area contributed by atoms with E-state index in [2.05, 4.69) is 64.5 Å². The Hall–Kier alpha value is -2.71. The summed E-state index contributed by atoms with van der Waals surface area (Å²) in [4.78, 5) is 0. The van der Waals surface area contributed by atoms with Crippen molar-refractivity contribution in [2.45, 2.75) is 0 Å². The predicted octanol–water partition coefficient (Wildman–Crippen LogP) is 7.71. The van der Waals surface area contributed by atoms with Gasteiger partial charge in [0.1, 0.15) is 5.82 Å². The number of hydrogen-bond acceptors (Lipinski definition) is 0. The average molecular weight is 401 g/mol. The maximum absolute atomic E-state index is 14.4. The minimum atomic E-state index is -0.185. The summed E-state index contributed by atoms with van der Waals surface area (Å²) < 4.78 is 15.5. The van der Waals surface area contributed by atoms with Crippen LogP contribution in [0.1, 0.15) is 0 Å². The van der Waals surface area contributed by atoms with Crippen LogP contribution in [0.4, 0.5) is 4.39 Å². The van der Waals surface area contributed by atoms with E-state index in [-0.39, 0.29) is 5.82 Å². The SMILES string of the molecule is Fc1ccc(-c2c3ccccc3c(Br)c3ccccc23)c2ccccc12. The van der Waals surface area contributed by atoms with Crippen LogP contribution >= 0.6 is 15.9 Å². The Morgan fingerprint density at radius 2 is 0.962 bits per heavy atom. The van der Waals surface area contributed by atoms with Crippen molar-refractivity contribution < 1.29 is 4.39 Å². The number of rotatable bonds is 1. The monoisotopic (exact) mass is 400 g/mol. The van der Waals surface area contributed by atoms with E-state index in [1.165, 1.54) is 0 Å². The summed E-state index contributed by atoms with van der Waals surface area (Å²) in [6.45, 7) is 0. The molecule has 0 N–H and O–H groups in total. The second-order valence-electron chi connectivity index (χ2n) is 6.42. The van der Waals surface area contributed by atoms with Crippen molar-refractivity contribution in [3.8, 4) is 11.1 Å². The predicted molar refractivity (Wildman–Crippen MR) is 112 cm³/mol. The van der Waals surface area contributed by atoms with Crippen LogP contribution in [-0.2, 0) is 0 Å². The molecule has 0 spiro atoms. The Kier molecular flexibility index (Phi) is 3.54. The topological polar surface area (TPSA) is 0 Å². The van der Waals surface area contributed by atoms with Gasteiger partial charge in [-0.3, -0.25) is 0 Å². The molecule has 0 heterocycles. The standard InChI is InChI=1S/C24H14BrF/c25-24-20-11-5-3-9-17(20)23(18-10-4-6-12-21(18)24)19-13-14-22(26)16-8-2-1-7-15(16)19/h1-14H. The number of fused-ring (bicyclic) bond motifs is 3. The number of benzene rings is 5. The first kappa shape index (κ1) is 15.5.